The van der Waals surface area contributed by atoms with E-state index in [0.717, 1.165) is 27.7 Å². The highest BCUT2D eigenvalue weighted by atomic mass is 79.9. The highest BCUT2D eigenvalue weighted by Crippen LogP contribution is 2.38. The average Bonchev–Trinajstić information content (AvgIpc) is 2.76. The number of nitrogens with zero attached hydrogens (tertiary/aromatic N) is 1. The largest absolute Gasteiger partial charge is 0.415 e. The summed E-state index contributed by atoms with van der Waals surface area (Å²) in [6.45, 7) is 18.1. The first-order valence-electron chi connectivity index (χ1n) is 9.09. The fraction of sp³-hybridized carbons (Fsp3) is 0.650. The fourth-order valence-electron chi connectivity index (χ4n) is 3.10. The smallest absolute Gasteiger partial charge is 0.230 e. The second-order valence-electron chi connectivity index (χ2n) is 8.96. The molecule has 0 spiro atoms. The molecule has 2 rings (SSSR count). The molecule has 1 amide bonds. The molecule has 25 heavy (non-hydrogen) atoms. The molecule has 0 unspecified atom stereocenters. The van der Waals surface area contributed by atoms with Crippen LogP contribution in [0.2, 0.25) is 18.1 Å². The number of rotatable bonds is 4. The van der Waals surface area contributed by atoms with Gasteiger partial charge in [-0.15, -0.1) is 0 Å². The Balaban J connectivity index is 2.27. The Morgan fingerprint density at radius 1 is 1.24 bits per heavy atom. The first-order valence-corrected chi connectivity index (χ1v) is 12.8. The number of carbonyl (C=O) groups is 1. The Hall–Kier alpha value is -0.653. The van der Waals surface area contributed by atoms with Gasteiger partial charge in [-0.2, -0.15) is 0 Å². The maximum Gasteiger partial charge on any atom is 0.230 e. The molecule has 0 aliphatic carbocycles. The lowest BCUT2D eigenvalue weighted by Crippen LogP contribution is -2.45. The summed E-state index contributed by atoms with van der Waals surface area (Å²) in [4.78, 5) is 14.8. The van der Waals surface area contributed by atoms with Crippen molar-refractivity contribution in [1.29, 1.82) is 0 Å². The summed E-state index contributed by atoms with van der Waals surface area (Å²) in [5.41, 5.74) is 3.31. The molecule has 1 aromatic rings. The van der Waals surface area contributed by atoms with Crippen LogP contribution >= 0.6 is 15.9 Å². The summed E-state index contributed by atoms with van der Waals surface area (Å²) in [6, 6.07) is 4.33. The van der Waals surface area contributed by atoms with Gasteiger partial charge in [-0.05, 0) is 61.7 Å². The molecule has 0 N–H and O–H groups in total. The lowest BCUT2D eigenvalue weighted by Gasteiger charge is -2.38. The molecule has 1 fully saturated rings. The van der Waals surface area contributed by atoms with Crippen LogP contribution in [-0.4, -0.2) is 26.9 Å². The van der Waals surface area contributed by atoms with E-state index >= 15 is 0 Å². The van der Waals surface area contributed by atoms with Crippen LogP contribution in [0.15, 0.2) is 16.6 Å². The maximum atomic E-state index is 12.8. The molecule has 0 bridgehead atoms. The zero-order valence-corrected chi connectivity index (χ0v) is 19.5. The Kier molecular flexibility index (Phi) is 5.92. The van der Waals surface area contributed by atoms with Crippen LogP contribution in [-0.2, 0) is 9.22 Å². The summed E-state index contributed by atoms with van der Waals surface area (Å²) >= 11 is 3.62. The number of hydrogen-bond donors (Lipinski definition) is 0. The van der Waals surface area contributed by atoms with Gasteiger partial charge in [0.05, 0.1) is 12.6 Å². The number of halogens is 1. The van der Waals surface area contributed by atoms with Crippen molar-refractivity contribution in [3.05, 3.63) is 27.7 Å². The van der Waals surface area contributed by atoms with Crippen molar-refractivity contribution in [3.63, 3.8) is 0 Å². The van der Waals surface area contributed by atoms with E-state index in [9.17, 15) is 4.79 Å². The van der Waals surface area contributed by atoms with E-state index in [0.29, 0.717) is 6.61 Å². The molecular weight excluding hydrogens is 394 g/mol. The molecular formula is C20H32BrNO2Si. The first-order chi connectivity index (χ1) is 11.3. The molecule has 1 heterocycles. The molecule has 2 atom stereocenters. The normalized spacial score (nSPS) is 22.0. The van der Waals surface area contributed by atoms with Crippen LogP contribution in [0.3, 0.4) is 0 Å². The van der Waals surface area contributed by atoms with Gasteiger partial charge in [0.1, 0.15) is 0 Å². The van der Waals surface area contributed by atoms with Gasteiger partial charge in [-0.1, -0.05) is 43.6 Å². The third-order valence-electron chi connectivity index (χ3n) is 5.79. The molecule has 1 aliphatic heterocycles. The van der Waals surface area contributed by atoms with Crippen molar-refractivity contribution in [2.24, 2.45) is 5.92 Å². The summed E-state index contributed by atoms with van der Waals surface area (Å²) < 4.78 is 7.56. The third kappa shape index (κ3) is 4.20. The van der Waals surface area contributed by atoms with Crippen LogP contribution in [0.4, 0.5) is 5.69 Å². The second-order valence-corrected chi connectivity index (χ2v) is 14.6. The molecule has 140 valence electrons. The van der Waals surface area contributed by atoms with E-state index in [1.807, 2.05) is 11.8 Å². The van der Waals surface area contributed by atoms with Crippen molar-refractivity contribution in [3.8, 4) is 0 Å². The SMILES string of the molecule is Cc1cc(N2C(=O)[C@@H](C)C[C@@H]2CO[Si](C)(C)C(C)(C)C)cc(C)c1Br. The maximum absolute atomic E-state index is 12.8. The van der Waals surface area contributed by atoms with Gasteiger partial charge in [-0.25, -0.2) is 0 Å². The quantitative estimate of drug-likeness (QED) is 0.567. The molecule has 1 saturated heterocycles. The van der Waals surface area contributed by atoms with E-state index in [1.165, 1.54) is 0 Å². The van der Waals surface area contributed by atoms with Crippen LogP contribution in [0, 0.1) is 19.8 Å². The average molecular weight is 426 g/mol. The predicted octanol–water partition coefficient (Wildman–Crippen LogP) is 5.83. The minimum absolute atomic E-state index is 0.0530. The number of aryl methyl sites for hydroxylation is 2. The van der Waals surface area contributed by atoms with E-state index in [1.54, 1.807) is 0 Å². The van der Waals surface area contributed by atoms with Gasteiger partial charge in [0.2, 0.25) is 5.91 Å². The lowest BCUT2D eigenvalue weighted by atomic mass is 10.1. The molecule has 0 radical (unpaired) electrons. The van der Waals surface area contributed by atoms with E-state index in [4.69, 9.17) is 4.43 Å². The minimum atomic E-state index is -1.82. The summed E-state index contributed by atoms with van der Waals surface area (Å²) in [7, 11) is -1.82. The van der Waals surface area contributed by atoms with E-state index in [2.05, 4.69) is 75.8 Å². The molecule has 1 aromatic carbocycles. The highest BCUT2D eigenvalue weighted by molar-refractivity contribution is 9.10. The summed E-state index contributed by atoms with van der Waals surface area (Å²) in [6.07, 6.45) is 0.863. The highest BCUT2D eigenvalue weighted by Gasteiger charge is 2.42. The molecule has 0 aromatic heterocycles. The number of benzene rings is 1. The van der Waals surface area contributed by atoms with Crippen molar-refractivity contribution in [2.75, 3.05) is 11.5 Å². The van der Waals surface area contributed by atoms with Crippen LogP contribution < -0.4 is 4.90 Å². The zero-order chi connectivity index (χ0) is 19.2. The molecule has 1 aliphatic rings. The Bertz CT molecular complexity index is 643. The second kappa shape index (κ2) is 7.16. The topological polar surface area (TPSA) is 29.5 Å². The van der Waals surface area contributed by atoms with Crippen molar-refractivity contribution in [1.82, 2.24) is 0 Å². The lowest BCUT2D eigenvalue weighted by molar-refractivity contribution is -0.120. The number of carbonyl (C=O) groups excluding carboxylic acids is 1. The van der Waals surface area contributed by atoms with E-state index in [-0.39, 0.29) is 22.9 Å². The van der Waals surface area contributed by atoms with Gasteiger partial charge >= 0.3 is 0 Å². The third-order valence-corrected chi connectivity index (χ3v) is 11.5. The van der Waals surface area contributed by atoms with Gasteiger partial charge in [0, 0.05) is 16.1 Å². The Morgan fingerprint density at radius 3 is 2.24 bits per heavy atom. The van der Waals surface area contributed by atoms with Gasteiger partial charge in [-0.3, -0.25) is 4.79 Å². The van der Waals surface area contributed by atoms with Crippen molar-refractivity contribution in [2.45, 2.75) is 72.1 Å². The molecule has 3 nitrogen and oxygen atoms in total. The minimum Gasteiger partial charge on any atom is -0.415 e. The Morgan fingerprint density at radius 2 is 1.76 bits per heavy atom. The van der Waals surface area contributed by atoms with Gasteiger partial charge in [0.15, 0.2) is 8.32 Å². The number of hydrogen-bond acceptors (Lipinski definition) is 2. The standard InChI is InChI=1S/C20H32BrNO2Si/c1-13-9-16(10-14(2)18(13)21)22-17(11-15(3)19(22)23)12-24-25(7,8)20(4,5)6/h9-10,15,17H,11-12H2,1-8H3/t15-,17+/m0/s1. The van der Waals surface area contributed by atoms with Crippen LogP contribution in [0.25, 0.3) is 0 Å². The fourth-order valence-corrected chi connectivity index (χ4v) is 4.37. The van der Waals surface area contributed by atoms with Crippen LogP contribution in [0.5, 0.6) is 0 Å². The monoisotopic (exact) mass is 425 g/mol. The number of anilines is 1. The zero-order valence-electron chi connectivity index (χ0n) is 16.9. The predicted molar refractivity (Wildman–Crippen MR) is 112 cm³/mol. The number of amides is 1. The summed E-state index contributed by atoms with van der Waals surface area (Å²) in [5.74, 6) is 0.266. The van der Waals surface area contributed by atoms with Crippen LogP contribution in [0.1, 0.15) is 45.2 Å². The molecule has 5 heteroatoms. The van der Waals surface area contributed by atoms with Crippen molar-refractivity contribution < 1.29 is 9.22 Å². The van der Waals surface area contributed by atoms with E-state index < -0.39 is 8.32 Å². The Labute approximate surface area is 162 Å². The molecule has 0 saturated carbocycles. The summed E-state index contributed by atoms with van der Waals surface area (Å²) in [5, 5.41) is 0.177. The van der Waals surface area contributed by atoms with Gasteiger partial charge < -0.3 is 9.33 Å². The van der Waals surface area contributed by atoms with Gasteiger partial charge in [0.25, 0.3) is 0 Å². The first kappa shape index (κ1) is 20.7. The van der Waals surface area contributed by atoms with Crippen molar-refractivity contribution >= 4 is 35.8 Å².